The highest BCUT2D eigenvalue weighted by Crippen LogP contribution is 2.29. The average molecular weight is 387 g/mol. The second-order valence-electron chi connectivity index (χ2n) is 7.76. The van der Waals surface area contributed by atoms with E-state index in [9.17, 15) is 19.1 Å². The third kappa shape index (κ3) is 5.08. The Morgan fingerprint density at radius 2 is 2.12 bits per heavy atom. The number of carbonyl (C=O) groups is 2. The highest BCUT2D eigenvalue weighted by atomic mass is 35.5. The molecule has 0 aliphatic carbocycles. The van der Waals surface area contributed by atoms with Crippen LogP contribution < -0.4 is 5.32 Å². The van der Waals surface area contributed by atoms with E-state index in [1.165, 1.54) is 17.0 Å². The largest absolute Gasteiger partial charge is 0.444 e. The number of hydrogen-bond acceptors (Lipinski definition) is 4. The van der Waals surface area contributed by atoms with Crippen molar-refractivity contribution < 1.29 is 23.8 Å². The van der Waals surface area contributed by atoms with E-state index in [2.05, 4.69) is 5.32 Å². The lowest BCUT2D eigenvalue weighted by Gasteiger charge is -2.28. The molecule has 0 aromatic heterocycles. The average Bonchev–Trinajstić information content (AvgIpc) is 2.83. The van der Waals surface area contributed by atoms with Gasteiger partial charge < -0.3 is 15.2 Å². The van der Waals surface area contributed by atoms with E-state index in [1.807, 2.05) is 0 Å². The Labute approximate surface area is 157 Å². The van der Waals surface area contributed by atoms with Crippen LogP contribution in [0.3, 0.4) is 0 Å². The fourth-order valence-corrected chi connectivity index (χ4v) is 2.99. The summed E-state index contributed by atoms with van der Waals surface area (Å²) in [5, 5.41) is 12.9. The molecule has 1 saturated heterocycles. The van der Waals surface area contributed by atoms with Gasteiger partial charge in [0.15, 0.2) is 0 Å². The van der Waals surface area contributed by atoms with Crippen molar-refractivity contribution in [3.63, 3.8) is 0 Å². The van der Waals surface area contributed by atoms with Crippen LogP contribution in [0.15, 0.2) is 18.2 Å². The van der Waals surface area contributed by atoms with Crippen LogP contribution in [0.2, 0.25) is 5.02 Å². The Morgan fingerprint density at radius 1 is 1.46 bits per heavy atom. The van der Waals surface area contributed by atoms with E-state index in [0.717, 1.165) is 0 Å². The summed E-state index contributed by atoms with van der Waals surface area (Å²) >= 11 is 5.73. The van der Waals surface area contributed by atoms with Crippen LogP contribution in [0, 0.1) is 5.82 Å². The first-order valence-corrected chi connectivity index (χ1v) is 8.70. The van der Waals surface area contributed by atoms with Crippen LogP contribution in [0.5, 0.6) is 0 Å². The van der Waals surface area contributed by atoms with Crippen LogP contribution in [-0.4, -0.2) is 45.8 Å². The quantitative estimate of drug-likeness (QED) is 0.837. The Hall–Kier alpha value is -1.86. The number of hydrogen-bond donors (Lipinski definition) is 2. The van der Waals surface area contributed by atoms with Gasteiger partial charge in [0.1, 0.15) is 17.5 Å². The Kier molecular flexibility index (Phi) is 5.82. The number of carbonyl (C=O) groups excluding carboxylic acids is 2. The molecule has 1 aromatic rings. The molecule has 26 heavy (non-hydrogen) atoms. The van der Waals surface area contributed by atoms with Crippen molar-refractivity contribution in [1.29, 1.82) is 0 Å². The fourth-order valence-electron chi connectivity index (χ4n) is 2.80. The standard InChI is InChI=1S/C18H24ClFN2O4/c1-17(2,3)26-16(24)22-10-18(4,25)8-13(22)15(23)21-9-11-6-5-7-12(19)14(11)20/h5-7,13,25H,8-10H2,1-4H3,(H,21,23)/t13-,18-/m0/s1. The zero-order valence-electron chi connectivity index (χ0n) is 15.3. The molecule has 2 amide bonds. The Bertz CT molecular complexity index is 703. The minimum absolute atomic E-state index is 0.0223. The molecule has 1 fully saturated rings. The topological polar surface area (TPSA) is 78.9 Å². The van der Waals surface area contributed by atoms with Gasteiger partial charge in [-0.25, -0.2) is 9.18 Å². The normalized spacial score (nSPS) is 23.0. The van der Waals surface area contributed by atoms with E-state index in [-0.39, 0.29) is 30.1 Å². The molecule has 0 unspecified atom stereocenters. The van der Waals surface area contributed by atoms with Crippen LogP contribution in [0.4, 0.5) is 9.18 Å². The van der Waals surface area contributed by atoms with Gasteiger partial charge in [0.05, 0.1) is 17.2 Å². The molecule has 2 rings (SSSR count). The van der Waals surface area contributed by atoms with E-state index < -0.39 is 35.1 Å². The second kappa shape index (κ2) is 7.40. The highest BCUT2D eigenvalue weighted by Gasteiger charge is 2.46. The summed E-state index contributed by atoms with van der Waals surface area (Å²) in [4.78, 5) is 26.1. The van der Waals surface area contributed by atoms with Crippen molar-refractivity contribution in [2.24, 2.45) is 0 Å². The summed E-state index contributed by atoms with van der Waals surface area (Å²) in [6.07, 6.45) is -0.611. The molecule has 8 heteroatoms. The van der Waals surface area contributed by atoms with Gasteiger partial charge in [-0.05, 0) is 33.8 Å². The third-order valence-corrected chi connectivity index (χ3v) is 4.23. The molecular weight excluding hydrogens is 363 g/mol. The third-order valence-electron chi connectivity index (χ3n) is 3.94. The number of rotatable bonds is 3. The zero-order chi connectivity index (χ0) is 19.7. The maximum Gasteiger partial charge on any atom is 0.411 e. The van der Waals surface area contributed by atoms with Crippen LogP contribution in [-0.2, 0) is 16.1 Å². The molecular formula is C18H24ClFN2O4. The molecule has 0 radical (unpaired) electrons. The number of amides is 2. The molecule has 0 spiro atoms. The van der Waals surface area contributed by atoms with Crippen molar-refractivity contribution in [3.05, 3.63) is 34.6 Å². The summed E-state index contributed by atoms with van der Waals surface area (Å²) in [5.74, 6) is -1.09. The van der Waals surface area contributed by atoms with E-state index in [1.54, 1.807) is 33.8 Å². The first kappa shape index (κ1) is 20.5. The number of benzene rings is 1. The van der Waals surface area contributed by atoms with Gasteiger partial charge in [-0.1, -0.05) is 23.7 Å². The highest BCUT2D eigenvalue weighted by molar-refractivity contribution is 6.30. The van der Waals surface area contributed by atoms with E-state index in [4.69, 9.17) is 16.3 Å². The lowest BCUT2D eigenvalue weighted by Crippen LogP contribution is -2.47. The van der Waals surface area contributed by atoms with Gasteiger partial charge in [0.2, 0.25) is 5.91 Å². The maximum atomic E-state index is 13.9. The van der Waals surface area contributed by atoms with E-state index in [0.29, 0.717) is 0 Å². The Morgan fingerprint density at radius 3 is 2.73 bits per heavy atom. The van der Waals surface area contributed by atoms with Crippen LogP contribution in [0.1, 0.15) is 39.7 Å². The van der Waals surface area contributed by atoms with Gasteiger partial charge >= 0.3 is 6.09 Å². The second-order valence-corrected chi connectivity index (χ2v) is 8.16. The van der Waals surface area contributed by atoms with Crippen molar-refractivity contribution in [2.45, 2.75) is 57.9 Å². The number of ether oxygens (including phenoxy) is 1. The minimum Gasteiger partial charge on any atom is -0.444 e. The molecule has 0 saturated carbocycles. The summed E-state index contributed by atoms with van der Waals surface area (Å²) in [6, 6.07) is 3.61. The summed E-state index contributed by atoms with van der Waals surface area (Å²) < 4.78 is 19.2. The van der Waals surface area contributed by atoms with Gasteiger partial charge in [-0.15, -0.1) is 0 Å². The van der Waals surface area contributed by atoms with Gasteiger partial charge in [0.25, 0.3) is 0 Å². The molecule has 1 heterocycles. The number of likely N-dealkylation sites (tertiary alicyclic amines) is 1. The van der Waals surface area contributed by atoms with Crippen LogP contribution in [0.25, 0.3) is 0 Å². The monoisotopic (exact) mass is 386 g/mol. The molecule has 1 aliphatic heterocycles. The predicted octanol–water partition coefficient (Wildman–Crippen LogP) is 2.86. The van der Waals surface area contributed by atoms with Crippen molar-refractivity contribution >= 4 is 23.6 Å². The first-order chi connectivity index (χ1) is 11.9. The SMILES string of the molecule is CC(C)(C)OC(=O)N1C[C@@](C)(O)C[C@H]1C(=O)NCc1cccc(Cl)c1F. The molecule has 2 atom stereocenters. The minimum atomic E-state index is -1.21. The fraction of sp³-hybridized carbons (Fsp3) is 0.556. The van der Waals surface area contributed by atoms with Crippen LogP contribution >= 0.6 is 11.6 Å². The number of aliphatic hydroxyl groups is 1. The molecule has 1 aliphatic rings. The molecule has 0 bridgehead atoms. The van der Waals surface area contributed by atoms with Gasteiger partial charge in [-0.3, -0.25) is 9.69 Å². The zero-order valence-corrected chi connectivity index (χ0v) is 16.1. The molecule has 2 N–H and O–H groups in total. The summed E-state index contributed by atoms with van der Waals surface area (Å²) in [7, 11) is 0. The predicted molar refractivity (Wildman–Crippen MR) is 95.2 cm³/mol. The number of nitrogens with zero attached hydrogens (tertiary/aromatic N) is 1. The number of nitrogens with one attached hydrogen (secondary N) is 1. The van der Waals surface area contributed by atoms with Gasteiger partial charge in [0, 0.05) is 18.5 Å². The smallest absolute Gasteiger partial charge is 0.411 e. The van der Waals surface area contributed by atoms with Gasteiger partial charge in [-0.2, -0.15) is 0 Å². The molecule has 6 nitrogen and oxygen atoms in total. The van der Waals surface area contributed by atoms with Crippen molar-refractivity contribution in [1.82, 2.24) is 10.2 Å². The molecule has 144 valence electrons. The number of β-amino-alcohol motifs (C(OH)–C–C–N with tert-alkyl or cyclic N) is 1. The lowest BCUT2D eigenvalue weighted by atomic mass is 10.0. The summed E-state index contributed by atoms with van der Waals surface area (Å²) in [6.45, 7) is 6.61. The van der Waals surface area contributed by atoms with Crippen molar-refractivity contribution in [3.8, 4) is 0 Å². The summed E-state index contributed by atoms with van der Waals surface area (Å²) in [5.41, 5.74) is -1.70. The number of halogens is 2. The maximum absolute atomic E-state index is 13.9. The van der Waals surface area contributed by atoms with Crippen molar-refractivity contribution in [2.75, 3.05) is 6.54 Å². The van der Waals surface area contributed by atoms with E-state index >= 15 is 0 Å². The Balaban J connectivity index is 2.09. The lowest BCUT2D eigenvalue weighted by molar-refractivity contribution is -0.125. The first-order valence-electron chi connectivity index (χ1n) is 8.32. The molecule has 1 aromatic carbocycles.